The van der Waals surface area contributed by atoms with Gasteiger partial charge in [-0.15, -0.1) is 0 Å². The van der Waals surface area contributed by atoms with Gasteiger partial charge in [0, 0.05) is 42.9 Å². The molecule has 0 amide bonds. The van der Waals surface area contributed by atoms with Crippen LogP contribution in [0.25, 0.3) is 0 Å². The van der Waals surface area contributed by atoms with Crippen molar-refractivity contribution in [2.75, 3.05) is 30.4 Å². The summed E-state index contributed by atoms with van der Waals surface area (Å²) in [5.41, 5.74) is 0. The van der Waals surface area contributed by atoms with E-state index in [4.69, 9.17) is 4.74 Å². The van der Waals surface area contributed by atoms with Crippen LogP contribution in [0.4, 0.5) is 11.1 Å². The molecule has 0 spiro atoms. The van der Waals surface area contributed by atoms with Gasteiger partial charge in [0.1, 0.15) is 5.82 Å². The van der Waals surface area contributed by atoms with Crippen molar-refractivity contribution in [3.05, 3.63) is 18.1 Å². The summed E-state index contributed by atoms with van der Waals surface area (Å²) in [6.07, 6.45) is 2.72. The first-order valence-electron chi connectivity index (χ1n) is 6.43. The molecule has 0 bridgehead atoms. The third-order valence-electron chi connectivity index (χ3n) is 3.15. The van der Waals surface area contributed by atoms with Crippen LogP contribution in [0.1, 0.15) is 12.2 Å². The highest BCUT2D eigenvalue weighted by Gasteiger charge is 2.25. The molecular formula is C12H16N6OS. The molecule has 1 aliphatic rings. The van der Waals surface area contributed by atoms with E-state index in [1.54, 1.807) is 19.4 Å². The minimum Gasteiger partial charge on any atom is -0.481 e. The van der Waals surface area contributed by atoms with Crippen LogP contribution in [0.15, 0.2) is 12.3 Å². The summed E-state index contributed by atoms with van der Waals surface area (Å²) in [5, 5.41) is 4.32. The molecule has 0 aromatic carbocycles. The Labute approximate surface area is 121 Å². The maximum absolute atomic E-state index is 5.09. The summed E-state index contributed by atoms with van der Waals surface area (Å²) >= 11 is 1.45. The molecular weight excluding hydrogens is 276 g/mol. The van der Waals surface area contributed by atoms with Crippen molar-refractivity contribution >= 4 is 22.6 Å². The van der Waals surface area contributed by atoms with Gasteiger partial charge in [0.25, 0.3) is 0 Å². The first kappa shape index (κ1) is 13.0. The van der Waals surface area contributed by atoms with Crippen molar-refractivity contribution in [1.29, 1.82) is 0 Å². The quantitative estimate of drug-likeness (QED) is 0.911. The predicted molar refractivity (Wildman–Crippen MR) is 77.5 cm³/mol. The second-order valence-corrected chi connectivity index (χ2v) is 5.35. The van der Waals surface area contributed by atoms with Gasteiger partial charge in [-0.05, 0) is 13.3 Å². The molecule has 1 unspecified atom stereocenters. The lowest BCUT2D eigenvalue weighted by molar-refractivity contribution is 0.397. The number of hydrogen-bond acceptors (Lipinski definition) is 8. The first-order valence-corrected chi connectivity index (χ1v) is 7.21. The maximum Gasteiger partial charge on any atom is 0.226 e. The molecule has 1 N–H and O–H groups in total. The summed E-state index contributed by atoms with van der Waals surface area (Å²) in [5.74, 6) is 2.00. The van der Waals surface area contributed by atoms with Gasteiger partial charge in [-0.2, -0.15) is 9.36 Å². The molecule has 8 heteroatoms. The van der Waals surface area contributed by atoms with E-state index in [0.717, 1.165) is 30.5 Å². The normalized spacial score (nSPS) is 18.3. The molecule has 1 saturated heterocycles. The molecule has 106 valence electrons. The van der Waals surface area contributed by atoms with Gasteiger partial charge in [-0.25, -0.2) is 9.97 Å². The number of ether oxygens (including phenoxy) is 1. The van der Waals surface area contributed by atoms with Crippen LogP contribution in [-0.4, -0.2) is 45.6 Å². The summed E-state index contributed by atoms with van der Waals surface area (Å²) in [7, 11) is 1.60. The Balaban J connectivity index is 1.62. The van der Waals surface area contributed by atoms with E-state index in [0.29, 0.717) is 17.9 Å². The lowest BCUT2D eigenvalue weighted by Crippen LogP contribution is -2.26. The van der Waals surface area contributed by atoms with Crippen LogP contribution in [0.5, 0.6) is 5.88 Å². The number of aromatic nitrogens is 4. The molecule has 7 nitrogen and oxygen atoms in total. The number of rotatable bonds is 4. The van der Waals surface area contributed by atoms with Crippen LogP contribution < -0.4 is 15.0 Å². The largest absolute Gasteiger partial charge is 0.481 e. The van der Waals surface area contributed by atoms with Crippen molar-refractivity contribution in [1.82, 2.24) is 19.3 Å². The fourth-order valence-electron chi connectivity index (χ4n) is 2.17. The zero-order valence-electron chi connectivity index (χ0n) is 11.4. The van der Waals surface area contributed by atoms with Crippen LogP contribution >= 0.6 is 11.5 Å². The van der Waals surface area contributed by atoms with Gasteiger partial charge >= 0.3 is 0 Å². The van der Waals surface area contributed by atoms with E-state index in [9.17, 15) is 0 Å². The summed E-state index contributed by atoms with van der Waals surface area (Å²) < 4.78 is 9.31. The van der Waals surface area contributed by atoms with E-state index >= 15 is 0 Å². The van der Waals surface area contributed by atoms with Crippen molar-refractivity contribution in [3.63, 3.8) is 0 Å². The molecule has 1 fully saturated rings. The number of methoxy groups -OCH3 is 1. The molecule has 2 aromatic heterocycles. The summed E-state index contributed by atoms with van der Waals surface area (Å²) in [6.45, 7) is 3.77. The van der Waals surface area contributed by atoms with E-state index in [1.165, 1.54) is 11.5 Å². The van der Waals surface area contributed by atoms with E-state index in [-0.39, 0.29) is 0 Å². The topological polar surface area (TPSA) is 76.1 Å². The molecule has 1 atom stereocenters. The average Bonchev–Trinajstić information content (AvgIpc) is 3.08. The molecule has 0 radical (unpaired) electrons. The lowest BCUT2D eigenvalue weighted by Gasteiger charge is -2.15. The van der Waals surface area contributed by atoms with E-state index in [2.05, 4.69) is 29.5 Å². The van der Waals surface area contributed by atoms with E-state index in [1.807, 2.05) is 6.92 Å². The van der Waals surface area contributed by atoms with E-state index < -0.39 is 0 Å². The Bertz CT molecular complexity index is 589. The van der Waals surface area contributed by atoms with Crippen molar-refractivity contribution < 1.29 is 4.74 Å². The predicted octanol–water partition coefficient (Wildman–Crippen LogP) is 1.34. The summed E-state index contributed by atoms with van der Waals surface area (Å²) in [6, 6.07) is 2.04. The number of nitrogens with zero attached hydrogens (tertiary/aromatic N) is 5. The van der Waals surface area contributed by atoms with Gasteiger partial charge in [-0.1, -0.05) is 0 Å². The maximum atomic E-state index is 5.09. The van der Waals surface area contributed by atoms with Crippen LogP contribution in [0.2, 0.25) is 0 Å². The van der Waals surface area contributed by atoms with Gasteiger partial charge in [0.15, 0.2) is 0 Å². The molecule has 3 heterocycles. The second kappa shape index (κ2) is 5.58. The number of nitrogens with one attached hydrogen (secondary N) is 1. The fraction of sp³-hybridized carbons (Fsp3) is 0.500. The highest BCUT2D eigenvalue weighted by atomic mass is 32.1. The fourth-order valence-corrected chi connectivity index (χ4v) is 2.88. The Morgan fingerprint density at radius 3 is 3.10 bits per heavy atom. The smallest absolute Gasteiger partial charge is 0.226 e. The first-order chi connectivity index (χ1) is 9.74. The highest BCUT2D eigenvalue weighted by Crippen LogP contribution is 2.23. The minimum absolute atomic E-state index is 0.311. The summed E-state index contributed by atoms with van der Waals surface area (Å²) in [4.78, 5) is 15.1. The van der Waals surface area contributed by atoms with Crippen molar-refractivity contribution in [2.24, 2.45) is 0 Å². The monoisotopic (exact) mass is 292 g/mol. The molecule has 3 rings (SSSR count). The van der Waals surface area contributed by atoms with Crippen LogP contribution in [0.3, 0.4) is 0 Å². The van der Waals surface area contributed by atoms with Crippen molar-refractivity contribution in [2.45, 2.75) is 19.4 Å². The Morgan fingerprint density at radius 2 is 2.35 bits per heavy atom. The Kier molecular flexibility index (Phi) is 3.64. The number of anilines is 2. The molecule has 0 saturated carbocycles. The number of hydrogen-bond donors (Lipinski definition) is 1. The van der Waals surface area contributed by atoms with Crippen LogP contribution in [-0.2, 0) is 0 Å². The SMILES string of the molecule is COc1ccnc(NC2CCN(c3nc(C)ns3)C2)n1. The second-order valence-electron chi connectivity index (χ2n) is 4.62. The minimum atomic E-state index is 0.311. The third-order valence-corrected chi connectivity index (χ3v) is 4.02. The molecule has 1 aliphatic heterocycles. The van der Waals surface area contributed by atoms with Gasteiger partial charge in [0.2, 0.25) is 17.0 Å². The standard InChI is InChI=1S/C12H16N6OS/c1-8-14-12(20-17-8)18-6-4-9(7-18)15-11-13-5-3-10(16-11)19-2/h3,5,9H,4,6-7H2,1-2H3,(H,13,15,16). The molecule has 2 aromatic rings. The number of aryl methyl sites for hydroxylation is 1. The molecule has 0 aliphatic carbocycles. The Morgan fingerprint density at radius 1 is 1.45 bits per heavy atom. The highest BCUT2D eigenvalue weighted by molar-refractivity contribution is 7.09. The Hall–Kier alpha value is -1.96. The van der Waals surface area contributed by atoms with Gasteiger partial charge in [0.05, 0.1) is 7.11 Å². The van der Waals surface area contributed by atoms with Gasteiger partial charge in [-0.3, -0.25) is 0 Å². The molecule has 20 heavy (non-hydrogen) atoms. The zero-order chi connectivity index (χ0) is 13.9. The van der Waals surface area contributed by atoms with Crippen LogP contribution in [0, 0.1) is 6.92 Å². The lowest BCUT2D eigenvalue weighted by atomic mass is 10.3. The van der Waals surface area contributed by atoms with Crippen molar-refractivity contribution in [3.8, 4) is 5.88 Å². The zero-order valence-corrected chi connectivity index (χ0v) is 12.2. The third kappa shape index (κ3) is 2.79. The van der Waals surface area contributed by atoms with Gasteiger partial charge < -0.3 is 15.0 Å². The average molecular weight is 292 g/mol.